The van der Waals surface area contributed by atoms with Crippen LogP contribution in [0, 0.1) is 13.8 Å². The number of anilines is 1. The number of thiazole rings is 1. The summed E-state index contributed by atoms with van der Waals surface area (Å²) in [5.41, 5.74) is 6.90. The molecule has 0 spiro atoms. The third-order valence-electron chi connectivity index (χ3n) is 2.78. The van der Waals surface area contributed by atoms with Crippen LogP contribution < -0.4 is 10.5 Å². The highest BCUT2D eigenvalue weighted by molar-refractivity contribution is 7.93. The molecular formula is C12H14ClN3O2S2. The quantitative estimate of drug-likeness (QED) is 0.902. The van der Waals surface area contributed by atoms with Crippen molar-refractivity contribution < 1.29 is 8.42 Å². The summed E-state index contributed by atoms with van der Waals surface area (Å²) in [5.74, 6) is 0. The molecule has 0 saturated carbocycles. The van der Waals surface area contributed by atoms with Crippen LogP contribution in [-0.2, 0) is 16.6 Å². The predicted molar refractivity (Wildman–Crippen MR) is 81.7 cm³/mol. The van der Waals surface area contributed by atoms with Crippen LogP contribution in [0.2, 0.25) is 5.02 Å². The number of aromatic nitrogens is 1. The molecule has 0 aliphatic rings. The minimum absolute atomic E-state index is 0.123. The van der Waals surface area contributed by atoms with Gasteiger partial charge in [0.2, 0.25) is 0 Å². The molecular weight excluding hydrogens is 318 g/mol. The second-order valence-corrected chi connectivity index (χ2v) is 7.60. The first kappa shape index (κ1) is 15.2. The van der Waals surface area contributed by atoms with E-state index in [4.69, 9.17) is 17.3 Å². The average molecular weight is 332 g/mol. The van der Waals surface area contributed by atoms with Crippen LogP contribution in [-0.4, -0.2) is 13.4 Å². The molecule has 5 nitrogen and oxygen atoms in total. The summed E-state index contributed by atoms with van der Waals surface area (Å²) in [4.78, 5) is 5.04. The fraction of sp³-hybridized carbons (Fsp3) is 0.250. The molecule has 8 heteroatoms. The third kappa shape index (κ3) is 3.12. The van der Waals surface area contributed by atoms with E-state index < -0.39 is 10.0 Å². The van der Waals surface area contributed by atoms with E-state index in [1.165, 1.54) is 17.4 Å². The zero-order chi connectivity index (χ0) is 14.9. The summed E-state index contributed by atoms with van der Waals surface area (Å²) >= 11 is 7.22. The van der Waals surface area contributed by atoms with Crippen molar-refractivity contribution in [1.82, 2.24) is 4.98 Å². The van der Waals surface area contributed by atoms with Crippen molar-refractivity contribution in [3.05, 3.63) is 39.4 Å². The van der Waals surface area contributed by atoms with Crippen LogP contribution in [0.1, 0.15) is 16.0 Å². The molecule has 0 radical (unpaired) electrons. The first-order valence-corrected chi connectivity index (χ1v) is 8.45. The van der Waals surface area contributed by atoms with Gasteiger partial charge in [0.05, 0.1) is 4.90 Å². The largest absolute Gasteiger partial charge is 0.326 e. The number of nitrogens with one attached hydrogen (secondary N) is 1. The second-order valence-electron chi connectivity index (χ2n) is 4.27. The third-order valence-corrected chi connectivity index (χ3v) is 5.43. The van der Waals surface area contributed by atoms with Crippen LogP contribution in [0.15, 0.2) is 23.2 Å². The van der Waals surface area contributed by atoms with E-state index in [-0.39, 0.29) is 11.4 Å². The Hall–Kier alpha value is -1.15. The van der Waals surface area contributed by atoms with Crippen LogP contribution in [0.5, 0.6) is 0 Å². The van der Waals surface area contributed by atoms with E-state index in [9.17, 15) is 8.42 Å². The lowest BCUT2D eigenvalue weighted by molar-refractivity contribution is 0.600. The minimum Gasteiger partial charge on any atom is -0.326 e. The van der Waals surface area contributed by atoms with Gasteiger partial charge in [-0.25, -0.2) is 13.4 Å². The van der Waals surface area contributed by atoms with Gasteiger partial charge in [-0.2, -0.15) is 0 Å². The van der Waals surface area contributed by atoms with E-state index >= 15 is 0 Å². The summed E-state index contributed by atoms with van der Waals surface area (Å²) in [7, 11) is -3.73. The van der Waals surface area contributed by atoms with Crippen LogP contribution in [0.3, 0.4) is 0 Å². The van der Waals surface area contributed by atoms with Crippen molar-refractivity contribution in [2.24, 2.45) is 5.73 Å². The lowest BCUT2D eigenvalue weighted by Crippen LogP contribution is -2.15. The van der Waals surface area contributed by atoms with Gasteiger partial charge in [-0.05, 0) is 37.1 Å². The Balaban J connectivity index is 2.46. The lowest BCUT2D eigenvalue weighted by Gasteiger charge is -2.12. The highest BCUT2D eigenvalue weighted by atomic mass is 35.5. The number of halogens is 1. The zero-order valence-electron chi connectivity index (χ0n) is 11.0. The maximum absolute atomic E-state index is 12.4. The molecule has 1 aromatic heterocycles. The Bertz CT molecular complexity index is 741. The van der Waals surface area contributed by atoms with Gasteiger partial charge in [-0.15, -0.1) is 11.3 Å². The molecule has 1 aromatic carbocycles. The number of benzene rings is 1. The molecule has 0 saturated heterocycles. The van der Waals surface area contributed by atoms with E-state index in [0.717, 1.165) is 4.88 Å². The number of rotatable bonds is 4. The number of sulfonamides is 1. The molecule has 0 atom stereocenters. The average Bonchev–Trinajstić information content (AvgIpc) is 2.76. The summed E-state index contributed by atoms with van der Waals surface area (Å²) < 4.78 is 27.3. The van der Waals surface area contributed by atoms with Crippen molar-refractivity contribution in [2.75, 3.05) is 4.72 Å². The van der Waals surface area contributed by atoms with E-state index in [0.29, 0.717) is 21.3 Å². The summed E-state index contributed by atoms with van der Waals surface area (Å²) in [6, 6.07) is 3.09. The number of nitrogens with two attached hydrogens (primary N) is 1. The Morgan fingerprint density at radius 3 is 2.65 bits per heavy atom. The molecule has 0 unspecified atom stereocenters. The van der Waals surface area contributed by atoms with Gasteiger partial charge < -0.3 is 5.73 Å². The fourth-order valence-corrected chi connectivity index (χ4v) is 4.30. The summed E-state index contributed by atoms with van der Waals surface area (Å²) in [6.45, 7) is 3.79. The van der Waals surface area contributed by atoms with Gasteiger partial charge in [0.25, 0.3) is 10.0 Å². The normalized spacial score (nSPS) is 11.6. The Morgan fingerprint density at radius 1 is 1.40 bits per heavy atom. The van der Waals surface area contributed by atoms with Crippen molar-refractivity contribution in [3.8, 4) is 0 Å². The summed E-state index contributed by atoms with van der Waals surface area (Å²) in [6.07, 6.45) is 1.61. The Kier molecular flexibility index (Phi) is 4.33. The molecule has 20 heavy (non-hydrogen) atoms. The molecule has 3 N–H and O–H groups in total. The van der Waals surface area contributed by atoms with Gasteiger partial charge in [0.15, 0.2) is 5.13 Å². The maximum atomic E-state index is 12.4. The SMILES string of the molecule is Cc1cnc(NS(=O)(=O)c2cc(Cl)cc(CN)c2C)s1. The van der Waals surface area contributed by atoms with E-state index in [2.05, 4.69) is 9.71 Å². The van der Waals surface area contributed by atoms with Gasteiger partial charge >= 0.3 is 0 Å². The molecule has 0 aliphatic heterocycles. The summed E-state index contributed by atoms with van der Waals surface area (Å²) in [5, 5.41) is 0.669. The van der Waals surface area contributed by atoms with Crippen molar-refractivity contribution in [1.29, 1.82) is 0 Å². The standard InChI is InChI=1S/C12H14ClN3O2S2/c1-7-6-15-12(19-7)16-20(17,18)11-4-10(13)3-9(5-14)8(11)2/h3-4,6H,5,14H2,1-2H3,(H,15,16). The van der Waals surface area contributed by atoms with E-state index in [1.54, 1.807) is 19.2 Å². The molecule has 0 amide bonds. The first-order chi connectivity index (χ1) is 9.33. The Morgan fingerprint density at radius 2 is 2.10 bits per heavy atom. The number of nitrogens with zero attached hydrogens (tertiary/aromatic N) is 1. The minimum atomic E-state index is -3.73. The number of hydrogen-bond acceptors (Lipinski definition) is 5. The zero-order valence-corrected chi connectivity index (χ0v) is 13.4. The van der Waals surface area contributed by atoms with E-state index in [1.807, 2.05) is 6.92 Å². The van der Waals surface area contributed by atoms with Gasteiger partial charge in [0.1, 0.15) is 0 Å². The number of aryl methyl sites for hydroxylation is 1. The smallest absolute Gasteiger partial charge is 0.263 e. The molecule has 1 heterocycles. The monoisotopic (exact) mass is 331 g/mol. The van der Waals surface area contributed by atoms with Gasteiger partial charge in [0, 0.05) is 22.6 Å². The van der Waals surface area contributed by atoms with Crippen molar-refractivity contribution in [2.45, 2.75) is 25.3 Å². The molecule has 0 bridgehead atoms. The van der Waals surface area contributed by atoms with Crippen LogP contribution in [0.4, 0.5) is 5.13 Å². The topological polar surface area (TPSA) is 85.1 Å². The highest BCUT2D eigenvalue weighted by Gasteiger charge is 2.20. The molecule has 108 valence electrons. The fourth-order valence-electron chi connectivity index (χ4n) is 1.77. The maximum Gasteiger partial charge on any atom is 0.263 e. The predicted octanol–water partition coefficient (Wildman–Crippen LogP) is 2.67. The molecule has 2 aromatic rings. The van der Waals surface area contributed by atoms with Gasteiger partial charge in [-0.1, -0.05) is 11.6 Å². The molecule has 2 rings (SSSR count). The van der Waals surface area contributed by atoms with Gasteiger partial charge in [-0.3, -0.25) is 4.72 Å². The first-order valence-electron chi connectivity index (χ1n) is 5.78. The molecule has 0 fully saturated rings. The molecule has 0 aliphatic carbocycles. The number of hydrogen-bond donors (Lipinski definition) is 2. The van der Waals surface area contributed by atoms with Crippen molar-refractivity contribution in [3.63, 3.8) is 0 Å². The lowest BCUT2D eigenvalue weighted by atomic mass is 10.1. The van der Waals surface area contributed by atoms with Crippen LogP contribution >= 0.6 is 22.9 Å². The van der Waals surface area contributed by atoms with Crippen LogP contribution in [0.25, 0.3) is 0 Å². The Labute approximate surface area is 126 Å². The second kappa shape index (κ2) is 5.69. The highest BCUT2D eigenvalue weighted by Crippen LogP contribution is 2.27. The van der Waals surface area contributed by atoms with Crippen molar-refractivity contribution >= 4 is 38.1 Å².